The number of methoxy groups -OCH3 is 1. The van der Waals surface area contributed by atoms with Crippen molar-refractivity contribution < 1.29 is 56.1 Å². The number of ether oxygens (including phenoxy) is 3. The maximum Gasteiger partial charge on any atom is 0.425 e. The zero-order chi connectivity index (χ0) is 45.0. The zero-order valence-electron chi connectivity index (χ0n) is 35.2. The van der Waals surface area contributed by atoms with Crippen LogP contribution in [0.25, 0.3) is 10.8 Å². The minimum Gasteiger partial charge on any atom is -0.496 e. The van der Waals surface area contributed by atoms with Gasteiger partial charge < -0.3 is 34.9 Å². The van der Waals surface area contributed by atoms with Gasteiger partial charge in [-0.2, -0.15) is 4.90 Å². The Kier molecular flexibility index (Phi) is 13.6. The first-order valence-electron chi connectivity index (χ1n) is 19.3. The van der Waals surface area contributed by atoms with Crippen molar-refractivity contribution in [1.29, 1.82) is 0 Å². The van der Waals surface area contributed by atoms with Crippen molar-refractivity contribution >= 4 is 68.3 Å². The van der Waals surface area contributed by atoms with E-state index in [-0.39, 0.29) is 52.1 Å². The number of carboxylic acid groups (broad SMARTS) is 1. The number of fused-ring (bicyclic) bond motifs is 1. The van der Waals surface area contributed by atoms with Crippen LogP contribution in [-0.2, 0) is 46.7 Å². The molecule has 3 N–H and O–H groups in total. The monoisotopic (exact) mass is 863 g/mol. The molecule has 0 radical (unpaired) electrons. The smallest absolute Gasteiger partial charge is 0.425 e. The first-order valence-corrected chi connectivity index (χ1v) is 20.9. The number of halogens is 1. The van der Waals surface area contributed by atoms with Crippen molar-refractivity contribution in [3.63, 3.8) is 0 Å². The highest BCUT2D eigenvalue weighted by molar-refractivity contribution is 7.92. The van der Waals surface area contributed by atoms with Gasteiger partial charge in [0.05, 0.1) is 23.5 Å². The number of benzene rings is 3. The number of nitrogens with zero attached hydrogens (tertiary/aromatic N) is 3. The number of hydrogen-bond acceptors (Lipinski definition) is 12. The van der Waals surface area contributed by atoms with Crippen molar-refractivity contribution in [1.82, 2.24) is 9.88 Å². The van der Waals surface area contributed by atoms with Crippen LogP contribution < -0.4 is 20.3 Å². The van der Waals surface area contributed by atoms with Crippen molar-refractivity contribution in [3.05, 3.63) is 83.3 Å². The van der Waals surface area contributed by atoms with Gasteiger partial charge in [0.1, 0.15) is 22.8 Å². The normalized spacial score (nSPS) is 13.5. The Labute approximate surface area is 353 Å². The zero-order valence-corrected chi connectivity index (χ0v) is 36.0. The van der Waals surface area contributed by atoms with Gasteiger partial charge in [-0.15, -0.1) is 0 Å². The van der Waals surface area contributed by atoms with Gasteiger partial charge in [0.2, 0.25) is 12.3 Å². The Hall–Kier alpha value is -6.30. The van der Waals surface area contributed by atoms with Crippen molar-refractivity contribution in [2.24, 2.45) is 0 Å². The molecule has 0 saturated heterocycles. The van der Waals surface area contributed by atoms with Gasteiger partial charge in [-0.1, -0.05) is 6.07 Å². The summed E-state index contributed by atoms with van der Waals surface area (Å²) in [4.78, 5) is 70.0. The van der Waals surface area contributed by atoms with Crippen LogP contribution >= 0.6 is 0 Å². The summed E-state index contributed by atoms with van der Waals surface area (Å²) in [6.45, 7) is 9.67. The fourth-order valence-electron chi connectivity index (χ4n) is 6.35. The summed E-state index contributed by atoms with van der Waals surface area (Å²) in [5.41, 5.74) is -0.368. The summed E-state index contributed by atoms with van der Waals surface area (Å²) >= 11 is 0. The Morgan fingerprint density at radius 2 is 1.56 bits per heavy atom. The molecule has 1 fully saturated rings. The molecule has 1 saturated carbocycles. The summed E-state index contributed by atoms with van der Waals surface area (Å²) in [7, 11) is -0.638. The SMILES string of the molecule is COc1ccc(C(Nc2ccc3c(N(C(=O)OC(C)(C)C)C(=O)OC(C)(C)C)ncc(F)c3c2)C(=O)O)cc1CCC(=O)Nc1ccc(S(=O)(=O)C2CC2)c(CN(C)C=O)c1. The maximum atomic E-state index is 15.4. The van der Waals surface area contributed by atoms with Crippen LogP contribution in [0.15, 0.2) is 65.7 Å². The van der Waals surface area contributed by atoms with Gasteiger partial charge in [-0.3, -0.25) is 9.59 Å². The van der Waals surface area contributed by atoms with Gasteiger partial charge in [-0.25, -0.2) is 32.2 Å². The molecule has 5 rings (SSSR count). The second-order valence-electron chi connectivity index (χ2n) is 16.6. The molecule has 1 heterocycles. The molecule has 4 amide bonds. The number of rotatable bonds is 15. The number of pyridine rings is 1. The van der Waals surface area contributed by atoms with Crippen LogP contribution in [0, 0.1) is 5.82 Å². The van der Waals surface area contributed by atoms with Crippen molar-refractivity contribution in [2.45, 2.75) is 101 Å². The Bertz CT molecular complexity index is 2430. The average Bonchev–Trinajstić information content (AvgIpc) is 4.02. The highest BCUT2D eigenvalue weighted by Gasteiger charge is 2.38. The minimum absolute atomic E-state index is 0.0183. The number of anilines is 3. The number of aliphatic carboxylic acids is 1. The molecule has 1 aliphatic carbocycles. The number of sulfone groups is 1. The number of aryl methyl sites for hydroxylation is 1. The van der Waals surface area contributed by atoms with Gasteiger partial charge in [0.25, 0.3) is 0 Å². The summed E-state index contributed by atoms with van der Waals surface area (Å²) in [5, 5.41) is 15.5. The summed E-state index contributed by atoms with van der Waals surface area (Å²) < 4.78 is 58.0. The van der Waals surface area contributed by atoms with Crippen molar-refractivity contribution in [3.8, 4) is 5.75 Å². The highest BCUT2D eigenvalue weighted by Crippen LogP contribution is 2.37. The molecule has 16 nitrogen and oxygen atoms in total. The number of hydrogen-bond donors (Lipinski definition) is 3. The molecular weight excluding hydrogens is 814 g/mol. The molecule has 18 heteroatoms. The molecule has 61 heavy (non-hydrogen) atoms. The van der Waals surface area contributed by atoms with Crippen molar-refractivity contribution in [2.75, 3.05) is 29.7 Å². The van der Waals surface area contributed by atoms with Crippen LogP contribution in [0.2, 0.25) is 0 Å². The third kappa shape index (κ3) is 11.5. The van der Waals surface area contributed by atoms with Gasteiger partial charge >= 0.3 is 18.2 Å². The second-order valence-corrected chi connectivity index (χ2v) is 18.8. The predicted octanol–water partition coefficient (Wildman–Crippen LogP) is 7.39. The molecule has 0 bridgehead atoms. The van der Waals surface area contributed by atoms with Gasteiger partial charge in [-0.05, 0) is 126 Å². The third-order valence-electron chi connectivity index (χ3n) is 9.21. The Morgan fingerprint density at radius 1 is 0.918 bits per heavy atom. The van der Waals surface area contributed by atoms with E-state index in [0.29, 0.717) is 46.7 Å². The van der Waals surface area contributed by atoms with E-state index in [1.165, 1.54) is 61.5 Å². The van der Waals surface area contributed by atoms with E-state index in [1.807, 2.05) is 0 Å². The fourth-order valence-corrected chi connectivity index (χ4v) is 8.21. The Balaban J connectivity index is 1.38. The quantitative estimate of drug-likeness (QED) is 0.0997. The lowest BCUT2D eigenvalue weighted by Crippen LogP contribution is -2.44. The molecular formula is C43H50FN5O11S. The molecule has 1 aromatic heterocycles. The standard InChI is InChI=1S/C43H50FN5O11S/c1-42(2,3)59-40(54)49(41(55)60-43(4,5)6)38-31-15-11-29(21-32(31)33(44)22-45-38)47-37(39(52)53)26-9-16-34(58-8)25(19-26)10-18-36(51)46-28-12-17-35(61(56,57)30-13-14-30)27(20-28)23-48(7)24-50/h9,11-12,15-17,19-22,24,30,37,47H,10,13-14,18,23H2,1-8H3,(H,46,51)(H,52,53). The number of amides is 4. The average molecular weight is 864 g/mol. The lowest BCUT2D eigenvalue weighted by molar-refractivity contribution is -0.138. The van der Waals surface area contributed by atoms with E-state index in [1.54, 1.807) is 53.7 Å². The minimum atomic E-state index is -3.59. The third-order valence-corrected chi connectivity index (χ3v) is 11.6. The number of carboxylic acids is 1. The molecule has 4 aromatic rings. The van der Waals surface area contributed by atoms with E-state index >= 15 is 4.39 Å². The number of nitrogens with one attached hydrogen (secondary N) is 2. The number of aromatic nitrogens is 1. The molecule has 1 aliphatic rings. The summed E-state index contributed by atoms with van der Waals surface area (Å²) in [6.07, 6.45) is 0.375. The fraction of sp³-hybridized carbons (Fsp3) is 0.395. The lowest BCUT2D eigenvalue weighted by Gasteiger charge is -2.28. The molecule has 1 atom stereocenters. The topological polar surface area (TPSA) is 211 Å². The van der Waals surface area contributed by atoms with Gasteiger partial charge in [0, 0.05) is 42.2 Å². The predicted molar refractivity (Wildman–Crippen MR) is 225 cm³/mol. The van der Waals surface area contributed by atoms with Crippen LogP contribution in [-0.4, -0.2) is 84.5 Å². The van der Waals surface area contributed by atoms with E-state index < -0.39 is 62.2 Å². The largest absolute Gasteiger partial charge is 0.496 e. The molecule has 3 aromatic carbocycles. The first-order chi connectivity index (χ1) is 28.5. The molecule has 0 spiro atoms. The van der Waals surface area contributed by atoms with Gasteiger partial charge in [0.15, 0.2) is 21.7 Å². The van der Waals surface area contributed by atoms with E-state index in [0.717, 1.165) is 6.20 Å². The number of carbonyl (C=O) groups is 5. The number of carbonyl (C=O) groups excluding carboxylic acids is 4. The van der Waals surface area contributed by atoms with Crippen LogP contribution in [0.3, 0.4) is 0 Å². The van der Waals surface area contributed by atoms with Crippen LogP contribution in [0.5, 0.6) is 5.75 Å². The summed E-state index contributed by atoms with van der Waals surface area (Å²) in [6, 6.07) is 11.9. The van der Waals surface area contributed by atoms with E-state index in [4.69, 9.17) is 14.2 Å². The number of imide groups is 1. The molecule has 0 aliphatic heterocycles. The Morgan fingerprint density at radius 3 is 2.13 bits per heavy atom. The molecule has 1 unspecified atom stereocenters. The lowest BCUT2D eigenvalue weighted by atomic mass is 9.99. The van der Waals surface area contributed by atoms with E-state index in [2.05, 4.69) is 15.6 Å². The van der Waals surface area contributed by atoms with Crippen LogP contribution in [0.4, 0.5) is 31.2 Å². The first kappa shape index (κ1) is 45.8. The van der Waals surface area contributed by atoms with Crippen LogP contribution in [0.1, 0.15) is 83.5 Å². The summed E-state index contributed by atoms with van der Waals surface area (Å²) in [5.74, 6) is -2.40. The second kappa shape index (κ2) is 18.1. The maximum absolute atomic E-state index is 15.4. The molecule has 326 valence electrons. The van der Waals surface area contributed by atoms with E-state index in [9.17, 15) is 37.5 Å². The highest BCUT2D eigenvalue weighted by atomic mass is 32.2.